The highest BCUT2D eigenvalue weighted by Gasteiger charge is 2.19. The smallest absolute Gasteiger partial charge is 0.339 e. The van der Waals surface area contributed by atoms with Crippen LogP contribution in [-0.2, 0) is 13.0 Å². The van der Waals surface area contributed by atoms with Gasteiger partial charge in [0.1, 0.15) is 11.3 Å². The highest BCUT2D eigenvalue weighted by atomic mass is 16.5. The maximum absolute atomic E-state index is 11.3. The van der Waals surface area contributed by atoms with E-state index in [0.717, 1.165) is 18.5 Å². The number of carbonyl (C=O) groups is 1. The van der Waals surface area contributed by atoms with Crippen molar-refractivity contribution in [3.05, 3.63) is 59.2 Å². The molecule has 2 aromatic rings. The summed E-state index contributed by atoms with van der Waals surface area (Å²) < 4.78 is 5.09. The highest BCUT2D eigenvalue weighted by Crippen LogP contribution is 2.29. The van der Waals surface area contributed by atoms with Gasteiger partial charge in [-0.15, -0.1) is 0 Å². The lowest BCUT2D eigenvalue weighted by atomic mass is 10.1. The molecule has 1 aliphatic heterocycles. The number of para-hydroxylation sites is 1. The van der Waals surface area contributed by atoms with Crippen LogP contribution in [0.3, 0.4) is 0 Å². The van der Waals surface area contributed by atoms with E-state index >= 15 is 0 Å². The number of methoxy groups -OCH3 is 1. The first-order chi connectivity index (χ1) is 10.2. The Balaban J connectivity index is 1.86. The van der Waals surface area contributed by atoms with Crippen molar-refractivity contribution in [3.8, 4) is 5.75 Å². The van der Waals surface area contributed by atoms with E-state index in [1.807, 2.05) is 12.1 Å². The summed E-state index contributed by atoms with van der Waals surface area (Å²) in [6, 6.07) is 13.7. The molecule has 4 heteroatoms. The number of ether oxygens (including phenoxy) is 1. The number of aromatic carboxylic acids is 1. The molecule has 0 bridgehead atoms. The van der Waals surface area contributed by atoms with Gasteiger partial charge in [0, 0.05) is 18.8 Å². The lowest BCUT2D eigenvalue weighted by molar-refractivity contribution is 0.0693. The molecule has 1 aliphatic rings. The van der Waals surface area contributed by atoms with Crippen molar-refractivity contribution in [2.45, 2.75) is 13.0 Å². The summed E-state index contributed by atoms with van der Waals surface area (Å²) in [5.41, 5.74) is 3.78. The maximum Gasteiger partial charge on any atom is 0.339 e. The van der Waals surface area contributed by atoms with Gasteiger partial charge in [0.25, 0.3) is 0 Å². The van der Waals surface area contributed by atoms with Gasteiger partial charge in [0.15, 0.2) is 0 Å². The largest absolute Gasteiger partial charge is 0.496 e. The van der Waals surface area contributed by atoms with Crippen molar-refractivity contribution < 1.29 is 14.6 Å². The fraction of sp³-hybridized carbons (Fsp3) is 0.235. The summed E-state index contributed by atoms with van der Waals surface area (Å²) in [6.45, 7) is 1.68. The number of hydrogen-bond acceptors (Lipinski definition) is 3. The fourth-order valence-electron chi connectivity index (χ4n) is 2.81. The molecule has 0 unspecified atom stereocenters. The summed E-state index contributed by atoms with van der Waals surface area (Å²) in [6.07, 6.45) is 1.04. The Labute approximate surface area is 123 Å². The monoisotopic (exact) mass is 283 g/mol. The minimum atomic E-state index is -0.962. The summed E-state index contributed by atoms with van der Waals surface area (Å²) in [4.78, 5) is 13.6. The molecule has 0 radical (unpaired) electrons. The number of nitrogens with zero attached hydrogens (tertiary/aromatic N) is 1. The number of hydrogen-bond donors (Lipinski definition) is 1. The van der Waals surface area contributed by atoms with Crippen molar-refractivity contribution >= 4 is 11.7 Å². The highest BCUT2D eigenvalue weighted by molar-refractivity contribution is 5.91. The molecule has 3 rings (SSSR count). The second kappa shape index (κ2) is 5.48. The molecule has 0 atom stereocenters. The Morgan fingerprint density at radius 2 is 2.10 bits per heavy atom. The van der Waals surface area contributed by atoms with Gasteiger partial charge < -0.3 is 14.7 Å². The predicted octanol–water partition coefficient (Wildman–Crippen LogP) is 2.96. The molecule has 0 fully saturated rings. The summed E-state index contributed by atoms with van der Waals surface area (Å²) >= 11 is 0. The zero-order chi connectivity index (χ0) is 14.8. The molecule has 0 saturated heterocycles. The second-order valence-electron chi connectivity index (χ2n) is 5.14. The Morgan fingerprint density at radius 3 is 2.86 bits per heavy atom. The van der Waals surface area contributed by atoms with E-state index in [1.54, 1.807) is 12.1 Å². The van der Waals surface area contributed by atoms with Crippen molar-refractivity contribution in [3.63, 3.8) is 0 Å². The molecule has 0 amide bonds. The number of carboxylic acids is 1. The van der Waals surface area contributed by atoms with Crippen molar-refractivity contribution in [1.82, 2.24) is 0 Å². The third-order valence-corrected chi connectivity index (χ3v) is 3.85. The molecule has 0 aliphatic carbocycles. The molecule has 0 aromatic heterocycles. The normalized spacial score (nSPS) is 13.1. The first-order valence-corrected chi connectivity index (χ1v) is 6.92. The average molecular weight is 283 g/mol. The molecule has 2 aromatic carbocycles. The van der Waals surface area contributed by atoms with E-state index in [-0.39, 0.29) is 5.56 Å². The molecule has 4 nitrogen and oxygen atoms in total. The standard InChI is InChI=1S/C17H17NO3/c1-21-16-7-6-12(10-14(16)17(19)20)11-18-9-8-13-4-2-3-5-15(13)18/h2-7,10H,8-9,11H2,1H3,(H,19,20). The first kappa shape index (κ1) is 13.5. The van der Waals surface area contributed by atoms with E-state index in [0.29, 0.717) is 12.3 Å². The summed E-state index contributed by atoms with van der Waals surface area (Å²) in [7, 11) is 1.48. The van der Waals surface area contributed by atoms with Crippen LogP contribution >= 0.6 is 0 Å². The molecular formula is C17H17NO3. The van der Waals surface area contributed by atoms with Gasteiger partial charge in [-0.2, -0.15) is 0 Å². The number of benzene rings is 2. The molecule has 0 saturated carbocycles. The fourth-order valence-corrected chi connectivity index (χ4v) is 2.81. The maximum atomic E-state index is 11.3. The van der Waals surface area contributed by atoms with E-state index < -0.39 is 5.97 Å². The number of rotatable bonds is 4. The second-order valence-corrected chi connectivity index (χ2v) is 5.14. The minimum absolute atomic E-state index is 0.211. The van der Waals surface area contributed by atoms with Crippen molar-refractivity contribution in [2.75, 3.05) is 18.6 Å². The third kappa shape index (κ3) is 2.57. The molecule has 1 N–H and O–H groups in total. The third-order valence-electron chi connectivity index (χ3n) is 3.85. The quantitative estimate of drug-likeness (QED) is 0.937. The Bertz CT molecular complexity index is 681. The molecule has 1 heterocycles. The van der Waals surface area contributed by atoms with E-state index in [1.165, 1.54) is 18.4 Å². The van der Waals surface area contributed by atoms with Crippen LogP contribution < -0.4 is 9.64 Å². The molecule has 21 heavy (non-hydrogen) atoms. The topological polar surface area (TPSA) is 49.8 Å². The van der Waals surface area contributed by atoms with Crippen LogP contribution in [-0.4, -0.2) is 24.7 Å². The van der Waals surface area contributed by atoms with Crippen LogP contribution in [0.2, 0.25) is 0 Å². The van der Waals surface area contributed by atoms with Crippen LogP contribution in [0.4, 0.5) is 5.69 Å². The number of carboxylic acid groups (broad SMARTS) is 1. The van der Waals surface area contributed by atoms with Crippen LogP contribution in [0, 0.1) is 0 Å². The van der Waals surface area contributed by atoms with Crippen LogP contribution in [0.5, 0.6) is 5.75 Å². The van der Waals surface area contributed by atoms with Crippen molar-refractivity contribution in [2.24, 2.45) is 0 Å². The van der Waals surface area contributed by atoms with E-state index in [2.05, 4.69) is 23.1 Å². The van der Waals surface area contributed by atoms with Gasteiger partial charge in [-0.05, 0) is 35.7 Å². The summed E-state index contributed by atoms with van der Waals surface area (Å²) in [5, 5.41) is 9.25. The molecule has 0 spiro atoms. The minimum Gasteiger partial charge on any atom is -0.496 e. The zero-order valence-electron chi connectivity index (χ0n) is 11.9. The number of anilines is 1. The molecular weight excluding hydrogens is 266 g/mol. The van der Waals surface area contributed by atoms with Gasteiger partial charge in [-0.1, -0.05) is 24.3 Å². The Morgan fingerprint density at radius 1 is 1.29 bits per heavy atom. The van der Waals surface area contributed by atoms with Gasteiger partial charge in [0.05, 0.1) is 7.11 Å². The summed E-state index contributed by atoms with van der Waals surface area (Å²) in [5.74, 6) is -0.566. The van der Waals surface area contributed by atoms with E-state index in [9.17, 15) is 9.90 Å². The SMILES string of the molecule is COc1ccc(CN2CCc3ccccc32)cc1C(=O)O. The molecule has 108 valence electrons. The zero-order valence-corrected chi connectivity index (χ0v) is 11.9. The van der Waals surface area contributed by atoms with Crippen LogP contribution in [0.1, 0.15) is 21.5 Å². The average Bonchev–Trinajstić information content (AvgIpc) is 2.90. The lowest BCUT2D eigenvalue weighted by Crippen LogP contribution is -2.19. The van der Waals surface area contributed by atoms with Crippen LogP contribution in [0.15, 0.2) is 42.5 Å². The lowest BCUT2D eigenvalue weighted by Gasteiger charge is -2.20. The van der Waals surface area contributed by atoms with Gasteiger partial charge in [0.2, 0.25) is 0 Å². The number of fused-ring (bicyclic) bond motifs is 1. The Hall–Kier alpha value is -2.49. The van der Waals surface area contributed by atoms with Crippen molar-refractivity contribution in [1.29, 1.82) is 0 Å². The van der Waals surface area contributed by atoms with Gasteiger partial charge in [-0.3, -0.25) is 0 Å². The predicted molar refractivity (Wildman–Crippen MR) is 81.1 cm³/mol. The van der Waals surface area contributed by atoms with Crippen LogP contribution in [0.25, 0.3) is 0 Å². The van der Waals surface area contributed by atoms with Gasteiger partial charge in [-0.25, -0.2) is 4.79 Å². The first-order valence-electron chi connectivity index (χ1n) is 6.92. The van der Waals surface area contributed by atoms with Gasteiger partial charge >= 0.3 is 5.97 Å². The Kier molecular flexibility index (Phi) is 3.52. The van der Waals surface area contributed by atoms with E-state index in [4.69, 9.17) is 4.74 Å².